The molecule has 0 atom stereocenters. The Morgan fingerprint density at radius 1 is 0.529 bits per heavy atom. The molecule has 5 aromatic rings. The van der Waals surface area contributed by atoms with Gasteiger partial charge in [-0.25, -0.2) is 9.97 Å². The van der Waals surface area contributed by atoms with Gasteiger partial charge in [0, 0.05) is 74.2 Å². The molecule has 0 aliphatic rings. The molecule has 2 heterocycles. The van der Waals surface area contributed by atoms with Crippen molar-refractivity contribution in [2.24, 2.45) is 0 Å². The number of nitrogens with zero attached hydrogens (tertiary/aromatic N) is 4. The topological polar surface area (TPSA) is 63.8 Å². The second-order valence-corrected chi connectivity index (χ2v) is 8.74. The molecule has 0 fully saturated rings. The molecule has 170 valence electrons. The first-order chi connectivity index (χ1) is 16.5. The first-order valence-electron chi connectivity index (χ1n) is 11.2. The minimum Gasteiger partial charge on any atom is -0.378 e. The van der Waals surface area contributed by atoms with E-state index in [0.717, 1.165) is 56.7 Å². The van der Waals surface area contributed by atoms with Gasteiger partial charge in [0.25, 0.3) is 0 Å². The van der Waals surface area contributed by atoms with E-state index in [1.54, 1.807) is 0 Å². The van der Waals surface area contributed by atoms with E-state index in [9.17, 15) is 0 Å². The first-order valence-corrected chi connectivity index (χ1v) is 11.2. The van der Waals surface area contributed by atoms with E-state index in [4.69, 9.17) is 9.97 Å². The molecule has 0 spiro atoms. The average Bonchev–Trinajstić information content (AvgIpc) is 3.55. The molecule has 0 aliphatic heterocycles. The van der Waals surface area contributed by atoms with Crippen LogP contribution >= 0.6 is 0 Å². The summed E-state index contributed by atoms with van der Waals surface area (Å²) in [5.74, 6) is 1.66. The van der Waals surface area contributed by atoms with Gasteiger partial charge in [0.05, 0.1) is 11.4 Å². The molecule has 0 radical (unpaired) electrons. The van der Waals surface area contributed by atoms with Crippen LogP contribution in [0.3, 0.4) is 0 Å². The van der Waals surface area contributed by atoms with Crippen molar-refractivity contribution in [3.05, 3.63) is 85.2 Å². The van der Waals surface area contributed by atoms with Gasteiger partial charge in [-0.1, -0.05) is 42.5 Å². The predicted molar refractivity (Wildman–Crippen MR) is 141 cm³/mol. The molecule has 34 heavy (non-hydrogen) atoms. The molecule has 0 saturated heterocycles. The van der Waals surface area contributed by atoms with Crippen molar-refractivity contribution in [3.8, 4) is 45.3 Å². The van der Waals surface area contributed by atoms with Crippen molar-refractivity contribution in [3.63, 3.8) is 0 Å². The van der Waals surface area contributed by atoms with Crippen LogP contribution in [0, 0.1) is 0 Å². The monoisotopic (exact) mass is 448 g/mol. The third-order valence-corrected chi connectivity index (χ3v) is 5.88. The molecule has 0 bridgehead atoms. The lowest BCUT2D eigenvalue weighted by atomic mass is 10.1. The minimum absolute atomic E-state index is 0.831. The molecule has 6 nitrogen and oxygen atoms in total. The van der Waals surface area contributed by atoms with E-state index in [0.29, 0.717) is 0 Å². The molecule has 6 heteroatoms. The summed E-state index contributed by atoms with van der Waals surface area (Å²) < 4.78 is 0. The van der Waals surface area contributed by atoms with E-state index in [1.165, 1.54) is 0 Å². The summed E-state index contributed by atoms with van der Waals surface area (Å²) in [6.07, 6.45) is 3.92. The van der Waals surface area contributed by atoms with Crippen LogP contribution in [-0.4, -0.2) is 48.1 Å². The summed E-state index contributed by atoms with van der Waals surface area (Å²) in [5.41, 5.74) is 8.33. The van der Waals surface area contributed by atoms with Gasteiger partial charge in [-0.2, -0.15) is 0 Å². The maximum Gasteiger partial charge on any atom is 0.138 e. The maximum absolute atomic E-state index is 4.86. The number of anilines is 2. The van der Waals surface area contributed by atoms with Gasteiger partial charge < -0.3 is 19.8 Å². The Bertz CT molecular complexity index is 1320. The summed E-state index contributed by atoms with van der Waals surface area (Å²) in [7, 11) is 8.17. The molecule has 2 aromatic heterocycles. The Kier molecular flexibility index (Phi) is 5.64. The van der Waals surface area contributed by atoms with E-state index >= 15 is 0 Å². The van der Waals surface area contributed by atoms with Crippen LogP contribution in [-0.2, 0) is 0 Å². The molecule has 0 amide bonds. The fourth-order valence-corrected chi connectivity index (χ4v) is 3.94. The van der Waals surface area contributed by atoms with Gasteiger partial charge in [0.2, 0.25) is 0 Å². The van der Waals surface area contributed by atoms with Crippen molar-refractivity contribution in [1.29, 1.82) is 0 Å². The quantitative estimate of drug-likeness (QED) is 0.338. The Morgan fingerprint density at radius 2 is 0.941 bits per heavy atom. The second-order valence-electron chi connectivity index (χ2n) is 8.74. The molecule has 3 aromatic carbocycles. The Morgan fingerprint density at radius 3 is 1.38 bits per heavy atom. The Hall–Kier alpha value is -4.32. The van der Waals surface area contributed by atoms with Crippen LogP contribution in [0.2, 0.25) is 0 Å². The van der Waals surface area contributed by atoms with Crippen LogP contribution in [0.4, 0.5) is 11.4 Å². The van der Waals surface area contributed by atoms with Gasteiger partial charge in [-0.05, 0) is 30.3 Å². The Labute approximate surface area is 199 Å². The molecular weight excluding hydrogens is 420 g/mol. The molecule has 0 aliphatic carbocycles. The average molecular weight is 449 g/mol. The summed E-state index contributed by atoms with van der Waals surface area (Å²) in [6.45, 7) is 0. The SMILES string of the molecule is CN(C)c1cccc(-c2c[nH]c(-c3cccc(-c4nc(-c5cccc(N(C)C)c5)c[nH]4)c3)n2)c1. The zero-order valence-corrected chi connectivity index (χ0v) is 19.9. The van der Waals surface area contributed by atoms with Gasteiger partial charge in [0.1, 0.15) is 11.6 Å². The number of benzene rings is 3. The lowest BCUT2D eigenvalue weighted by Gasteiger charge is -2.12. The summed E-state index contributed by atoms with van der Waals surface area (Å²) in [4.78, 5) is 20.6. The maximum atomic E-state index is 4.86. The summed E-state index contributed by atoms with van der Waals surface area (Å²) in [6, 6.07) is 25.0. The third kappa shape index (κ3) is 4.30. The third-order valence-electron chi connectivity index (χ3n) is 5.88. The number of imidazole rings is 2. The molecule has 0 saturated carbocycles. The van der Waals surface area contributed by atoms with E-state index in [1.807, 2.05) is 46.7 Å². The number of rotatable bonds is 6. The van der Waals surface area contributed by atoms with E-state index in [2.05, 4.69) is 86.5 Å². The lowest BCUT2D eigenvalue weighted by molar-refractivity contribution is 1.13. The highest BCUT2D eigenvalue weighted by atomic mass is 15.1. The fourth-order valence-electron chi connectivity index (χ4n) is 3.94. The van der Waals surface area contributed by atoms with Crippen molar-refractivity contribution < 1.29 is 0 Å². The van der Waals surface area contributed by atoms with Gasteiger partial charge in [-0.3, -0.25) is 0 Å². The highest BCUT2D eigenvalue weighted by Crippen LogP contribution is 2.29. The van der Waals surface area contributed by atoms with Crippen LogP contribution in [0.1, 0.15) is 0 Å². The number of hydrogen-bond acceptors (Lipinski definition) is 4. The molecule has 0 unspecified atom stereocenters. The van der Waals surface area contributed by atoms with Gasteiger partial charge >= 0.3 is 0 Å². The zero-order chi connectivity index (χ0) is 23.7. The highest BCUT2D eigenvalue weighted by molar-refractivity contribution is 5.72. The Balaban J connectivity index is 1.42. The summed E-state index contributed by atoms with van der Waals surface area (Å²) >= 11 is 0. The first kappa shape index (κ1) is 21.5. The van der Waals surface area contributed by atoms with Crippen LogP contribution in [0.25, 0.3) is 45.3 Å². The van der Waals surface area contributed by atoms with Gasteiger partial charge in [0.15, 0.2) is 0 Å². The largest absolute Gasteiger partial charge is 0.378 e. The second kappa shape index (κ2) is 8.90. The van der Waals surface area contributed by atoms with Crippen LogP contribution < -0.4 is 9.80 Å². The van der Waals surface area contributed by atoms with Crippen LogP contribution in [0.5, 0.6) is 0 Å². The number of H-pyrrole nitrogens is 2. The highest BCUT2D eigenvalue weighted by Gasteiger charge is 2.11. The van der Waals surface area contributed by atoms with Crippen LogP contribution in [0.15, 0.2) is 85.2 Å². The van der Waals surface area contributed by atoms with Crippen molar-refractivity contribution in [2.45, 2.75) is 0 Å². The standard InChI is InChI=1S/C28H28N6/c1-33(2)23-12-6-8-19(15-23)25-17-29-27(31-25)21-10-5-11-22(14-21)28-30-18-26(32-28)20-9-7-13-24(16-20)34(3)4/h5-18H,1-4H3,(H,29,31)(H,30,32). The van der Waals surface area contributed by atoms with Crippen molar-refractivity contribution in [1.82, 2.24) is 19.9 Å². The summed E-state index contributed by atoms with van der Waals surface area (Å²) in [5, 5.41) is 0. The number of aromatic nitrogens is 4. The molecule has 2 N–H and O–H groups in total. The van der Waals surface area contributed by atoms with Gasteiger partial charge in [-0.15, -0.1) is 0 Å². The molecule has 5 rings (SSSR count). The smallest absolute Gasteiger partial charge is 0.138 e. The number of nitrogens with one attached hydrogen (secondary N) is 2. The van der Waals surface area contributed by atoms with E-state index < -0.39 is 0 Å². The normalized spacial score (nSPS) is 10.9. The lowest BCUT2D eigenvalue weighted by Crippen LogP contribution is -2.08. The number of aromatic amines is 2. The molecular formula is C28H28N6. The predicted octanol–water partition coefficient (Wildman–Crippen LogP) is 5.93. The van der Waals surface area contributed by atoms with E-state index in [-0.39, 0.29) is 0 Å². The van der Waals surface area contributed by atoms with Crippen molar-refractivity contribution >= 4 is 11.4 Å². The van der Waals surface area contributed by atoms with Crippen molar-refractivity contribution in [2.75, 3.05) is 38.0 Å². The number of hydrogen-bond donors (Lipinski definition) is 2. The fraction of sp³-hybridized carbons (Fsp3) is 0.143. The zero-order valence-electron chi connectivity index (χ0n) is 19.9. The minimum atomic E-state index is 0.831.